The molecule has 6 nitrogen and oxygen atoms in total. The quantitative estimate of drug-likeness (QED) is 0.631. The average molecular weight is 415 g/mol. The lowest BCUT2D eigenvalue weighted by Crippen LogP contribution is -2.47. The van der Waals surface area contributed by atoms with Gasteiger partial charge in [0, 0.05) is 11.6 Å². The molecule has 0 radical (unpaired) electrons. The number of carbonyl (C=O) groups is 2. The third-order valence-corrected chi connectivity index (χ3v) is 5.10. The maximum absolute atomic E-state index is 12.7. The van der Waals surface area contributed by atoms with Gasteiger partial charge in [-0.3, -0.25) is 14.6 Å². The molecular weight excluding hydrogens is 396 g/mol. The number of rotatable bonds is 6. The largest absolute Gasteiger partial charge is 0.340 e. The Kier molecular flexibility index (Phi) is 6.38. The Bertz CT molecular complexity index is 975. The summed E-state index contributed by atoms with van der Waals surface area (Å²) in [7, 11) is 0. The van der Waals surface area contributed by atoms with Gasteiger partial charge in [-0.15, -0.1) is 11.3 Å². The molecule has 0 fully saturated rings. The zero-order valence-electron chi connectivity index (χ0n) is 15.3. The second-order valence-electron chi connectivity index (χ2n) is 6.42. The number of halogens is 1. The fourth-order valence-corrected chi connectivity index (χ4v) is 3.47. The molecule has 2 heterocycles. The Morgan fingerprint density at radius 3 is 2.50 bits per heavy atom. The number of pyridine rings is 1. The summed E-state index contributed by atoms with van der Waals surface area (Å²) in [5, 5.41) is 8.15. The highest BCUT2D eigenvalue weighted by molar-refractivity contribution is 7.14. The van der Waals surface area contributed by atoms with Crippen molar-refractivity contribution in [2.75, 3.05) is 5.32 Å². The molecule has 0 spiro atoms. The number of carbonyl (C=O) groups excluding carboxylic acids is 2. The Hall–Kier alpha value is -2.77. The Morgan fingerprint density at radius 1 is 1.07 bits per heavy atom. The molecule has 0 aliphatic heterocycles. The average Bonchev–Trinajstić information content (AvgIpc) is 3.15. The minimum atomic E-state index is -0.731. The van der Waals surface area contributed by atoms with Crippen LogP contribution in [0.2, 0.25) is 5.02 Å². The summed E-state index contributed by atoms with van der Waals surface area (Å²) in [4.78, 5) is 33.9. The van der Waals surface area contributed by atoms with Crippen molar-refractivity contribution in [2.24, 2.45) is 5.92 Å². The predicted octanol–water partition coefficient (Wildman–Crippen LogP) is 4.25. The number of amides is 2. The summed E-state index contributed by atoms with van der Waals surface area (Å²) in [6.07, 6.45) is 1.69. The first-order chi connectivity index (χ1) is 13.5. The van der Waals surface area contributed by atoms with E-state index in [1.165, 1.54) is 11.3 Å². The van der Waals surface area contributed by atoms with Crippen molar-refractivity contribution in [1.82, 2.24) is 15.3 Å². The van der Waals surface area contributed by atoms with Crippen LogP contribution in [0.25, 0.3) is 11.4 Å². The molecule has 3 aromatic rings. The molecule has 0 unspecified atom stereocenters. The molecule has 1 aromatic carbocycles. The maximum atomic E-state index is 12.7. The van der Waals surface area contributed by atoms with E-state index in [0.717, 1.165) is 5.69 Å². The minimum absolute atomic E-state index is 0.123. The zero-order valence-corrected chi connectivity index (χ0v) is 16.9. The lowest BCUT2D eigenvalue weighted by Gasteiger charge is -2.21. The van der Waals surface area contributed by atoms with E-state index in [1.54, 1.807) is 30.5 Å². The van der Waals surface area contributed by atoms with Crippen LogP contribution in [-0.4, -0.2) is 27.8 Å². The summed E-state index contributed by atoms with van der Waals surface area (Å²) in [6, 6.07) is 11.5. The highest BCUT2D eigenvalue weighted by Crippen LogP contribution is 2.23. The number of benzene rings is 1. The summed E-state index contributed by atoms with van der Waals surface area (Å²) in [5.41, 5.74) is 1.74. The fraction of sp³-hybridized carbons (Fsp3) is 0.200. The van der Waals surface area contributed by atoms with Gasteiger partial charge in [-0.2, -0.15) is 0 Å². The van der Waals surface area contributed by atoms with E-state index in [-0.39, 0.29) is 11.8 Å². The molecule has 2 amide bonds. The van der Waals surface area contributed by atoms with Gasteiger partial charge in [0.05, 0.1) is 16.3 Å². The van der Waals surface area contributed by atoms with Crippen molar-refractivity contribution in [2.45, 2.75) is 19.9 Å². The first-order valence-corrected chi connectivity index (χ1v) is 9.94. The van der Waals surface area contributed by atoms with E-state index in [2.05, 4.69) is 20.6 Å². The molecule has 0 saturated heterocycles. The molecule has 2 aromatic heterocycles. The van der Waals surface area contributed by atoms with Crippen LogP contribution in [0.15, 0.2) is 54.0 Å². The van der Waals surface area contributed by atoms with Gasteiger partial charge >= 0.3 is 0 Å². The van der Waals surface area contributed by atoms with E-state index in [9.17, 15) is 9.59 Å². The van der Waals surface area contributed by atoms with Crippen LogP contribution < -0.4 is 10.6 Å². The maximum Gasteiger partial charge on any atom is 0.253 e. The van der Waals surface area contributed by atoms with Gasteiger partial charge in [-0.05, 0) is 30.2 Å². The van der Waals surface area contributed by atoms with Crippen LogP contribution in [0.1, 0.15) is 24.2 Å². The van der Waals surface area contributed by atoms with Crippen molar-refractivity contribution < 1.29 is 9.59 Å². The molecule has 0 aliphatic rings. The number of nitrogens with one attached hydrogen (secondary N) is 2. The van der Waals surface area contributed by atoms with Gasteiger partial charge in [0.2, 0.25) is 5.91 Å². The van der Waals surface area contributed by atoms with Crippen LogP contribution in [0.5, 0.6) is 0 Å². The fourth-order valence-electron chi connectivity index (χ4n) is 2.55. The second kappa shape index (κ2) is 8.95. The van der Waals surface area contributed by atoms with E-state index >= 15 is 0 Å². The van der Waals surface area contributed by atoms with Gasteiger partial charge in [-0.1, -0.05) is 43.6 Å². The lowest BCUT2D eigenvalue weighted by molar-refractivity contribution is -0.118. The van der Waals surface area contributed by atoms with Crippen molar-refractivity contribution >= 4 is 39.9 Å². The Morgan fingerprint density at radius 2 is 1.82 bits per heavy atom. The molecule has 0 bridgehead atoms. The minimum Gasteiger partial charge on any atom is -0.340 e. The third kappa shape index (κ3) is 4.74. The van der Waals surface area contributed by atoms with Gasteiger partial charge in [-0.25, -0.2) is 4.98 Å². The van der Waals surface area contributed by atoms with Gasteiger partial charge in [0.15, 0.2) is 5.13 Å². The molecule has 0 aliphatic carbocycles. The summed E-state index contributed by atoms with van der Waals surface area (Å²) in [6.45, 7) is 3.72. The van der Waals surface area contributed by atoms with Gasteiger partial charge < -0.3 is 10.6 Å². The van der Waals surface area contributed by atoms with Crippen LogP contribution in [0, 0.1) is 5.92 Å². The van der Waals surface area contributed by atoms with Gasteiger partial charge in [0.1, 0.15) is 11.7 Å². The van der Waals surface area contributed by atoms with Crippen LogP contribution >= 0.6 is 22.9 Å². The molecule has 2 N–H and O–H groups in total. The van der Waals surface area contributed by atoms with Crippen molar-refractivity contribution in [1.29, 1.82) is 0 Å². The summed E-state index contributed by atoms with van der Waals surface area (Å²) >= 11 is 7.38. The highest BCUT2D eigenvalue weighted by atomic mass is 35.5. The number of hydrogen-bond acceptors (Lipinski definition) is 5. The molecule has 1 atom stereocenters. The zero-order chi connectivity index (χ0) is 20.1. The molecule has 144 valence electrons. The SMILES string of the molecule is CC(C)[C@H](NC(=O)c1ccccc1Cl)C(=O)Nc1nc(-c2ccccn2)cs1. The van der Waals surface area contributed by atoms with E-state index < -0.39 is 11.9 Å². The monoisotopic (exact) mass is 414 g/mol. The van der Waals surface area contributed by atoms with Crippen molar-refractivity contribution in [3.8, 4) is 11.4 Å². The Balaban J connectivity index is 1.71. The number of anilines is 1. The summed E-state index contributed by atoms with van der Waals surface area (Å²) in [5.74, 6) is -0.855. The number of aromatic nitrogens is 2. The number of hydrogen-bond donors (Lipinski definition) is 2. The Labute approximate surface area is 172 Å². The standard InChI is InChI=1S/C20H19ClN4O2S/c1-12(2)17(24-18(26)13-7-3-4-8-14(13)21)19(27)25-20-23-16(11-28-20)15-9-5-6-10-22-15/h3-12,17H,1-2H3,(H,24,26)(H,23,25,27)/t17-/m0/s1. The number of thiazole rings is 1. The lowest BCUT2D eigenvalue weighted by atomic mass is 10.0. The third-order valence-electron chi connectivity index (χ3n) is 4.02. The van der Waals surface area contributed by atoms with Crippen LogP contribution in [-0.2, 0) is 4.79 Å². The smallest absolute Gasteiger partial charge is 0.253 e. The molecule has 3 rings (SSSR count). The first kappa shape index (κ1) is 20.0. The predicted molar refractivity (Wildman–Crippen MR) is 112 cm³/mol. The van der Waals surface area contributed by atoms with E-state index in [0.29, 0.717) is 21.4 Å². The molecule has 8 heteroatoms. The summed E-state index contributed by atoms with van der Waals surface area (Å²) < 4.78 is 0. The number of nitrogens with zero attached hydrogens (tertiary/aromatic N) is 2. The van der Waals surface area contributed by atoms with Crippen LogP contribution in [0.3, 0.4) is 0 Å². The van der Waals surface area contributed by atoms with E-state index in [1.807, 2.05) is 37.4 Å². The molecular formula is C20H19ClN4O2S. The molecule has 28 heavy (non-hydrogen) atoms. The van der Waals surface area contributed by atoms with Crippen molar-refractivity contribution in [3.63, 3.8) is 0 Å². The first-order valence-electron chi connectivity index (χ1n) is 8.69. The van der Waals surface area contributed by atoms with Gasteiger partial charge in [0.25, 0.3) is 5.91 Å². The van der Waals surface area contributed by atoms with Crippen molar-refractivity contribution in [3.05, 3.63) is 64.6 Å². The topological polar surface area (TPSA) is 84.0 Å². The molecule has 0 saturated carbocycles. The second-order valence-corrected chi connectivity index (χ2v) is 7.68. The normalized spacial score (nSPS) is 11.9. The highest BCUT2D eigenvalue weighted by Gasteiger charge is 2.26. The van der Waals surface area contributed by atoms with Crippen LogP contribution in [0.4, 0.5) is 5.13 Å². The van der Waals surface area contributed by atoms with E-state index in [4.69, 9.17) is 11.6 Å².